The molecule has 3 rings (SSSR count). The molecule has 1 aliphatic carbocycles. The van der Waals surface area contributed by atoms with Gasteiger partial charge in [0.1, 0.15) is 5.76 Å². The van der Waals surface area contributed by atoms with Gasteiger partial charge >= 0.3 is 0 Å². The lowest BCUT2D eigenvalue weighted by atomic mass is 9.76. The number of Topliss-reactive ketones (excluding diaryl/α,β-unsaturated/α-hetero) is 1. The molecule has 2 aromatic rings. The third-order valence-electron chi connectivity index (χ3n) is 3.85. The van der Waals surface area contributed by atoms with Gasteiger partial charge in [-0.05, 0) is 37.0 Å². The van der Waals surface area contributed by atoms with Gasteiger partial charge in [-0.25, -0.2) is 0 Å². The van der Waals surface area contributed by atoms with Gasteiger partial charge in [0.05, 0.1) is 5.56 Å². The monoisotopic (exact) mass is 314 g/mol. The first-order valence-corrected chi connectivity index (χ1v) is 7.53. The van der Waals surface area contributed by atoms with E-state index in [9.17, 15) is 9.59 Å². The van der Waals surface area contributed by atoms with Crippen LogP contribution in [0.2, 0.25) is 0 Å². The predicted molar refractivity (Wildman–Crippen MR) is 87.4 cm³/mol. The van der Waals surface area contributed by atoms with Crippen LogP contribution in [-0.2, 0) is 6.42 Å². The number of pyridine rings is 1. The van der Waals surface area contributed by atoms with Crippen molar-refractivity contribution >= 4 is 11.7 Å². The lowest BCUT2D eigenvalue weighted by Crippen LogP contribution is -2.26. The molecule has 0 unspecified atom stereocenters. The van der Waals surface area contributed by atoms with Crippen molar-refractivity contribution in [2.45, 2.75) is 40.5 Å². The fraction of sp³-hybridized carbons (Fsp3) is 0.389. The van der Waals surface area contributed by atoms with E-state index in [0.717, 1.165) is 0 Å². The SMILES string of the molecule is Cc1c(C(N)=O)oc2c1C(=O)CC(C)(C)C2.Cc1ccncc1. The summed E-state index contributed by atoms with van der Waals surface area (Å²) in [6, 6.07) is 3.94. The Balaban J connectivity index is 0.000000229. The van der Waals surface area contributed by atoms with Crippen molar-refractivity contribution in [1.82, 2.24) is 4.98 Å². The van der Waals surface area contributed by atoms with E-state index in [-0.39, 0.29) is 17.0 Å². The van der Waals surface area contributed by atoms with Gasteiger partial charge in [0, 0.05) is 30.8 Å². The Morgan fingerprint density at radius 3 is 2.30 bits per heavy atom. The van der Waals surface area contributed by atoms with Crippen molar-refractivity contribution in [3.8, 4) is 0 Å². The van der Waals surface area contributed by atoms with Crippen molar-refractivity contribution in [2.75, 3.05) is 0 Å². The Kier molecular flexibility index (Phi) is 4.68. The Morgan fingerprint density at radius 2 is 1.83 bits per heavy atom. The number of fused-ring (bicyclic) bond motifs is 1. The van der Waals surface area contributed by atoms with Gasteiger partial charge in [0.15, 0.2) is 11.5 Å². The molecule has 1 aliphatic rings. The van der Waals surface area contributed by atoms with Crippen LogP contribution in [0.25, 0.3) is 0 Å². The number of hydrogen-bond donors (Lipinski definition) is 1. The molecule has 122 valence electrons. The number of ketones is 1. The van der Waals surface area contributed by atoms with Gasteiger partial charge in [-0.15, -0.1) is 0 Å². The molecule has 2 aromatic heterocycles. The number of nitrogens with zero attached hydrogens (tertiary/aromatic N) is 1. The smallest absolute Gasteiger partial charge is 0.284 e. The summed E-state index contributed by atoms with van der Waals surface area (Å²) in [7, 11) is 0. The highest BCUT2D eigenvalue weighted by atomic mass is 16.4. The topological polar surface area (TPSA) is 86.2 Å². The quantitative estimate of drug-likeness (QED) is 0.875. The van der Waals surface area contributed by atoms with Gasteiger partial charge < -0.3 is 10.2 Å². The minimum absolute atomic E-state index is 0.0417. The third kappa shape index (κ3) is 3.86. The molecule has 0 saturated heterocycles. The molecule has 0 aromatic carbocycles. The fourth-order valence-electron chi connectivity index (χ4n) is 2.74. The zero-order valence-electron chi connectivity index (χ0n) is 14.0. The molecule has 23 heavy (non-hydrogen) atoms. The molecule has 0 bridgehead atoms. The van der Waals surface area contributed by atoms with Gasteiger partial charge in [-0.2, -0.15) is 0 Å². The maximum Gasteiger partial charge on any atom is 0.284 e. The number of aryl methyl sites for hydroxylation is 1. The molecular formula is C18H22N2O3. The molecule has 0 aliphatic heterocycles. The number of furan rings is 1. The van der Waals surface area contributed by atoms with E-state index in [1.165, 1.54) is 5.56 Å². The van der Waals surface area contributed by atoms with E-state index < -0.39 is 5.91 Å². The normalized spacial score (nSPS) is 15.4. The van der Waals surface area contributed by atoms with Crippen molar-refractivity contribution in [3.63, 3.8) is 0 Å². The molecule has 0 saturated carbocycles. The number of nitrogens with two attached hydrogens (primary N) is 1. The van der Waals surface area contributed by atoms with E-state index in [1.54, 1.807) is 19.3 Å². The second kappa shape index (κ2) is 6.36. The van der Waals surface area contributed by atoms with Crippen molar-refractivity contribution in [1.29, 1.82) is 0 Å². The van der Waals surface area contributed by atoms with Gasteiger partial charge in [-0.3, -0.25) is 14.6 Å². The summed E-state index contributed by atoms with van der Waals surface area (Å²) in [4.78, 5) is 26.9. The molecule has 2 heterocycles. The largest absolute Gasteiger partial charge is 0.455 e. The summed E-state index contributed by atoms with van der Waals surface area (Å²) in [6.07, 6.45) is 4.73. The number of amides is 1. The number of carbonyl (C=O) groups is 2. The molecule has 0 spiro atoms. The van der Waals surface area contributed by atoms with Crippen LogP contribution in [0.1, 0.15) is 58.1 Å². The molecule has 5 heteroatoms. The lowest BCUT2D eigenvalue weighted by Gasteiger charge is -2.27. The lowest BCUT2D eigenvalue weighted by molar-refractivity contribution is 0.0897. The summed E-state index contributed by atoms with van der Waals surface area (Å²) >= 11 is 0. The summed E-state index contributed by atoms with van der Waals surface area (Å²) in [6.45, 7) is 7.77. The van der Waals surface area contributed by atoms with Crippen molar-refractivity contribution in [2.24, 2.45) is 11.1 Å². The van der Waals surface area contributed by atoms with E-state index in [0.29, 0.717) is 29.7 Å². The van der Waals surface area contributed by atoms with Gasteiger partial charge in [-0.1, -0.05) is 13.8 Å². The van der Waals surface area contributed by atoms with Crippen LogP contribution in [0, 0.1) is 19.3 Å². The first-order valence-electron chi connectivity index (χ1n) is 7.53. The maximum absolute atomic E-state index is 11.9. The van der Waals surface area contributed by atoms with E-state index in [4.69, 9.17) is 10.2 Å². The van der Waals surface area contributed by atoms with Crippen molar-refractivity contribution < 1.29 is 14.0 Å². The second-order valence-corrected chi connectivity index (χ2v) is 6.68. The first-order chi connectivity index (χ1) is 10.7. The van der Waals surface area contributed by atoms with Crippen LogP contribution >= 0.6 is 0 Å². The summed E-state index contributed by atoms with van der Waals surface area (Å²) in [5, 5.41) is 0. The van der Waals surface area contributed by atoms with Crippen LogP contribution in [0.5, 0.6) is 0 Å². The maximum atomic E-state index is 11.9. The zero-order valence-corrected chi connectivity index (χ0v) is 14.0. The van der Waals surface area contributed by atoms with Crippen LogP contribution < -0.4 is 5.73 Å². The van der Waals surface area contributed by atoms with Crippen LogP contribution in [0.15, 0.2) is 28.9 Å². The molecule has 0 atom stereocenters. The molecular weight excluding hydrogens is 292 g/mol. The highest BCUT2D eigenvalue weighted by Gasteiger charge is 2.36. The molecule has 2 N–H and O–H groups in total. The van der Waals surface area contributed by atoms with Crippen LogP contribution in [0.3, 0.4) is 0 Å². The molecule has 0 fully saturated rings. The third-order valence-corrected chi connectivity index (χ3v) is 3.85. The van der Waals surface area contributed by atoms with E-state index in [2.05, 4.69) is 4.98 Å². The predicted octanol–water partition coefficient (Wildman–Crippen LogP) is 3.23. The molecule has 1 amide bonds. The van der Waals surface area contributed by atoms with Crippen LogP contribution in [-0.4, -0.2) is 16.7 Å². The number of carbonyl (C=O) groups excluding carboxylic acids is 2. The standard InChI is InChI=1S/C12H15NO3.C6H7N/c1-6-9-7(14)4-12(2,3)5-8(9)16-10(6)11(13)15;1-6-2-4-7-5-3-6/h4-5H2,1-3H3,(H2,13,15);2-5H,1H3. The Hall–Kier alpha value is -2.43. The Bertz CT molecular complexity index is 730. The minimum Gasteiger partial charge on any atom is -0.455 e. The molecule has 5 nitrogen and oxygen atoms in total. The number of aromatic nitrogens is 1. The Morgan fingerprint density at radius 1 is 1.22 bits per heavy atom. The summed E-state index contributed by atoms with van der Waals surface area (Å²) in [5.41, 5.74) is 7.50. The zero-order chi connectivity index (χ0) is 17.2. The van der Waals surface area contributed by atoms with E-state index >= 15 is 0 Å². The van der Waals surface area contributed by atoms with Crippen LogP contribution in [0.4, 0.5) is 0 Å². The average molecular weight is 314 g/mol. The van der Waals surface area contributed by atoms with Gasteiger partial charge in [0.25, 0.3) is 5.91 Å². The Labute approximate surface area is 135 Å². The number of hydrogen-bond acceptors (Lipinski definition) is 4. The minimum atomic E-state index is -0.613. The highest BCUT2D eigenvalue weighted by Crippen LogP contribution is 2.38. The first kappa shape index (κ1) is 16.9. The second-order valence-electron chi connectivity index (χ2n) is 6.68. The average Bonchev–Trinajstić information content (AvgIpc) is 2.76. The van der Waals surface area contributed by atoms with E-state index in [1.807, 2.05) is 32.9 Å². The van der Waals surface area contributed by atoms with Gasteiger partial charge in [0.2, 0.25) is 0 Å². The van der Waals surface area contributed by atoms with Crippen molar-refractivity contribution in [3.05, 3.63) is 52.7 Å². The summed E-state index contributed by atoms with van der Waals surface area (Å²) < 4.78 is 5.41. The number of rotatable bonds is 1. The highest BCUT2D eigenvalue weighted by molar-refractivity contribution is 6.03. The molecule has 0 radical (unpaired) electrons. The fourth-order valence-corrected chi connectivity index (χ4v) is 2.74. The number of primary amides is 1. The summed E-state index contributed by atoms with van der Waals surface area (Å²) in [5.74, 6) is 0.154.